The largest absolute Gasteiger partial charge is 0.472 e. The molecule has 3 N–H and O–H groups in total. The van der Waals surface area contributed by atoms with Gasteiger partial charge in [0.1, 0.15) is 19.3 Å². The summed E-state index contributed by atoms with van der Waals surface area (Å²) in [6.07, 6.45) is 54.6. The quantitative estimate of drug-likeness (QED) is 0.0222. The second-order valence-electron chi connectivity index (χ2n) is 30.1. The summed E-state index contributed by atoms with van der Waals surface area (Å²) in [5, 5.41) is 10.6. The van der Waals surface area contributed by atoms with Crippen LogP contribution in [0.15, 0.2) is 0 Å². The Morgan fingerprint density at radius 2 is 0.490 bits per heavy atom. The van der Waals surface area contributed by atoms with E-state index in [1.54, 1.807) is 0 Å². The molecule has 4 unspecified atom stereocenters. The maximum absolute atomic E-state index is 13.1. The van der Waals surface area contributed by atoms with Crippen LogP contribution in [-0.2, 0) is 65.4 Å². The number of hydrogen-bond acceptors (Lipinski definition) is 15. The number of unbranched alkanes of at least 4 members (excludes halogenated alkanes) is 41. The highest BCUT2D eigenvalue weighted by Crippen LogP contribution is 2.45. The van der Waals surface area contributed by atoms with Crippen LogP contribution in [0.2, 0.25) is 0 Å². The summed E-state index contributed by atoms with van der Waals surface area (Å²) in [7, 11) is -9.91. The predicted molar refractivity (Wildman–Crippen MR) is 400 cm³/mol. The molecule has 0 aromatic carbocycles. The van der Waals surface area contributed by atoms with E-state index in [2.05, 4.69) is 55.4 Å². The first-order chi connectivity index (χ1) is 47.1. The molecule has 0 aromatic heterocycles. The highest BCUT2D eigenvalue weighted by Gasteiger charge is 2.30. The zero-order valence-corrected chi connectivity index (χ0v) is 66.2. The van der Waals surface area contributed by atoms with Gasteiger partial charge < -0.3 is 33.8 Å². The van der Waals surface area contributed by atoms with E-state index >= 15 is 0 Å². The lowest BCUT2D eigenvalue weighted by molar-refractivity contribution is -0.161. The molecule has 0 aliphatic heterocycles. The van der Waals surface area contributed by atoms with Crippen molar-refractivity contribution in [3.05, 3.63) is 0 Å². The monoisotopic (exact) mass is 1440 g/mol. The minimum Gasteiger partial charge on any atom is -0.462 e. The summed E-state index contributed by atoms with van der Waals surface area (Å²) in [5.41, 5.74) is 0. The smallest absolute Gasteiger partial charge is 0.462 e. The van der Waals surface area contributed by atoms with Gasteiger partial charge in [-0.25, -0.2) is 9.13 Å². The Kier molecular flexibility index (Phi) is 66.8. The molecule has 17 nitrogen and oxygen atoms in total. The van der Waals surface area contributed by atoms with Gasteiger partial charge in [-0.1, -0.05) is 351 Å². The summed E-state index contributed by atoms with van der Waals surface area (Å²) in [5.74, 6) is 0.910. The lowest BCUT2D eigenvalue weighted by Gasteiger charge is -2.21. The minimum atomic E-state index is -4.96. The molecule has 0 saturated carbocycles. The number of carbonyl (C=O) groups is 4. The molecule has 0 radical (unpaired) electrons. The van der Waals surface area contributed by atoms with Gasteiger partial charge in [0.2, 0.25) is 0 Å². The third kappa shape index (κ3) is 71.1. The van der Waals surface area contributed by atoms with Crippen LogP contribution >= 0.6 is 15.6 Å². The molecule has 0 rings (SSSR count). The maximum atomic E-state index is 13.1. The minimum absolute atomic E-state index is 0.106. The Morgan fingerprint density at radius 3 is 0.724 bits per heavy atom. The van der Waals surface area contributed by atoms with Crippen LogP contribution < -0.4 is 0 Å². The number of phosphoric ester groups is 2. The molecular formula is C79H154O17P2. The molecule has 582 valence electrons. The summed E-state index contributed by atoms with van der Waals surface area (Å²) < 4.78 is 68.5. The van der Waals surface area contributed by atoms with E-state index in [-0.39, 0.29) is 25.7 Å². The van der Waals surface area contributed by atoms with Crippen molar-refractivity contribution in [2.45, 2.75) is 420 Å². The van der Waals surface area contributed by atoms with E-state index in [1.807, 2.05) is 0 Å². The summed E-state index contributed by atoms with van der Waals surface area (Å²) >= 11 is 0. The Balaban J connectivity index is 5.12. The number of aliphatic hydroxyl groups excluding tert-OH is 1. The maximum Gasteiger partial charge on any atom is 0.472 e. The van der Waals surface area contributed by atoms with Gasteiger partial charge in [-0.2, -0.15) is 0 Å². The highest BCUT2D eigenvalue weighted by molar-refractivity contribution is 7.47. The van der Waals surface area contributed by atoms with Gasteiger partial charge in [-0.15, -0.1) is 0 Å². The predicted octanol–water partition coefficient (Wildman–Crippen LogP) is 23.2. The second kappa shape index (κ2) is 68.2. The SMILES string of the molecule is CCC(C)CCCCCCCCCCCCCCCCCCCCC(=O)O[C@H](COC(=O)CCCCCCCCC(C)C)COP(=O)(O)OCC(O)COP(=O)(O)OC[C@@H](COC(=O)CCCCCCCCC(C)C)OC(=O)CCCCCCCCCCCCCCCCCC(C)C. The number of esters is 4. The van der Waals surface area contributed by atoms with E-state index in [9.17, 15) is 43.2 Å². The average Bonchev–Trinajstić information content (AvgIpc) is 0.987. The molecule has 6 atom stereocenters. The molecule has 98 heavy (non-hydrogen) atoms. The van der Waals surface area contributed by atoms with Crippen molar-refractivity contribution in [2.24, 2.45) is 23.7 Å². The molecule has 0 spiro atoms. The van der Waals surface area contributed by atoms with Crippen LogP contribution in [0.25, 0.3) is 0 Å². The average molecular weight is 1440 g/mol. The van der Waals surface area contributed by atoms with Gasteiger partial charge >= 0.3 is 39.5 Å². The molecule has 19 heteroatoms. The summed E-state index contributed by atoms with van der Waals surface area (Å²) in [6.45, 7) is 14.1. The first-order valence-electron chi connectivity index (χ1n) is 40.7. The first-order valence-corrected chi connectivity index (χ1v) is 43.7. The molecule has 0 bridgehead atoms. The molecule has 0 saturated heterocycles. The van der Waals surface area contributed by atoms with E-state index in [1.165, 1.54) is 193 Å². The topological polar surface area (TPSA) is 237 Å². The molecular weight excluding hydrogens is 1280 g/mol. The summed E-state index contributed by atoms with van der Waals surface area (Å²) in [6, 6.07) is 0. The second-order valence-corrected chi connectivity index (χ2v) is 33.0. The third-order valence-corrected chi connectivity index (χ3v) is 20.6. The van der Waals surface area contributed by atoms with Crippen molar-refractivity contribution >= 4 is 39.5 Å². The lowest BCUT2D eigenvalue weighted by atomic mass is 9.99. The Hall–Kier alpha value is -1.94. The van der Waals surface area contributed by atoms with Crippen LogP contribution in [0.5, 0.6) is 0 Å². The number of aliphatic hydroxyl groups is 1. The fraction of sp³-hybridized carbons (Fsp3) is 0.949. The van der Waals surface area contributed by atoms with Crippen LogP contribution in [0, 0.1) is 23.7 Å². The van der Waals surface area contributed by atoms with E-state index in [4.69, 9.17) is 37.0 Å². The fourth-order valence-electron chi connectivity index (χ4n) is 12.0. The number of hydrogen-bond donors (Lipinski definition) is 3. The molecule has 0 amide bonds. The van der Waals surface area contributed by atoms with E-state index in [0.717, 1.165) is 115 Å². The van der Waals surface area contributed by atoms with E-state index < -0.39 is 97.5 Å². The van der Waals surface area contributed by atoms with E-state index in [0.29, 0.717) is 37.5 Å². The Labute approximate surface area is 600 Å². The molecule has 0 aliphatic carbocycles. The zero-order valence-electron chi connectivity index (χ0n) is 64.4. The Bertz CT molecular complexity index is 1920. The number of phosphoric acid groups is 2. The number of ether oxygens (including phenoxy) is 4. The van der Waals surface area contributed by atoms with Crippen LogP contribution in [0.4, 0.5) is 0 Å². The highest BCUT2D eigenvalue weighted by atomic mass is 31.2. The normalized spacial score (nSPS) is 14.3. The molecule has 0 aromatic rings. The van der Waals surface area contributed by atoms with Gasteiger partial charge in [-0.05, 0) is 49.4 Å². The van der Waals surface area contributed by atoms with Crippen molar-refractivity contribution in [3.8, 4) is 0 Å². The van der Waals surface area contributed by atoms with Crippen molar-refractivity contribution in [1.29, 1.82) is 0 Å². The zero-order chi connectivity index (χ0) is 72.4. The van der Waals surface area contributed by atoms with Gasteiger partial charge in [0, 0.05) is 25.7 Å². The number of rotatable bonds is 76. The summed E-state index contributed by atoms with van der Waals surface area (Å²) in [4.78, 5) is 72.8. The molecule has 0 aliphatic rings. The number of carbonyl (C=O) groups excluding carboxylic acids is 4. The lowest BCUT2D eigenvalue weighted by Crippen LogP contribution is -2.30. The van der Waals surface area contributed by atoms with Gasteiger partial charge in [0.25, 0.3) is 0 Å². The van der Waals surface area contributed by atoms with Crippen molar-refractivity contribution in [2.75, 3.05) is 39.6 Å². The fourth-order valence-corrected chi connectivity index (χ4v) is 13.6. The molecule has 0 fully saturated rings. The van der Waals surface area contributed by atoms with Gasteiger partial charge in [0.15, 0.2) is 12.2 Å². The van der Waals surface area contributed by atoms with Crippen LogP contribution in [0.3, 0.4) is 0 Å². The van der Waals surface area contributed by atoms with Gasteiger partial charge in [-0.3, -0.25) is 37.3 Å². The van der Waals surface area contributed by atoms with Crippen LogP contribution in [0.1, 0.15) is 402 Å². The molecule has 0 heterocycles. The van der Waals surface area contributed by atoms with Crippen molar-refractivity contribution in [3.63, 3.8) is 0 Å². The standard InChI is InChI=1S/C79H154O17P2/c1-9-72(8)58-50-42-32-28-24-20-16-12-10-11-13-17-21-25-29-33-45-53-61-78(83)95-74(65-89-76(81)59-51-43-37-35-40-48-56-70(4)5)67-93-97(85,86)91-63-73(80)64-92-98(87,88)94-68-75(66-90-77(82)60-52-44-38-36-41-49-57-71(6)7)96-79(84)62-54-46-34-30-26-22-18-14-15-19-23-27-31-39-47-55-69(2)3/h69-75,80H,9-68H2,1-8H3,(H,85,86)(H,87,88)/t72?,73?,74-,75-/m1/s1. The van der Waals surface area contributed by atoms with Crippen molar-refractivity contribution < 1.29 is 80.2 Å². The Morgan fingerprint density at radius 1 is 0.286 bits per heavy atom. The first kappa shape index (κ1) is 96.1. The van der Waals surface area contributed by atoms with Gasteiger partial charge in [0.05, 0.1) is 26.4 Å². The van der Waals surface area contributed by atoms with Crippen LogP contribution in [-0.4, -0.2) is 96.7 Å². The van der Waals surface area contributed by atoms with Crippen molar-refractivity contribution in [1.82, 2.24) is 0 Å². The third-order valence-electron chi connectivity index (χ3n) is 18.7.